The van der Waals surface area contributed by atoms with Crippen LogP contribution in [0.25, 0.3) is 10.9 Å². The zero-order chi connectivity index (χ0) is 17.9. The zero-order valence-electron chi connectivity index (χ0n) is 15.1. The van der Waals surface area contributed by atoms with Gasteiger partial charge in [0.2, 0.25) is 5.91 Å². The smallest absolute Gasteiger partial charge is 0.227 e. The van der Waals surface area contributed by atoms with Gasteiger partial charge in [0.1, 0.15) is 0 Å². The van der Waals surface area contributed by atoms with Gasteiger partial charge in [-0.05, 0) is 36.2 Å². The monoisotopic (exact) mass is 348 g/mol. The van der Waals surface area contributed by atoms with E-state index < -0.39 is 0 Å². The van der Waals surface area contributed by atoms with Gasteiger partial charge in [0.15, 0.2) is 0 Å². The van der Waals surface area contributed by atoms with Crippen LogP contribution in [0.2, 0.25) is 0 Å². The van der Waals surface area contributed by atoms with E-state index in [4.69, 9.17) is 0 Å². The lowest BCUT2D eigenvalue weighted by Gasteiger charge is -2.34. The quantitative estimate of drug-likeness (QED) is 0.789. The van der Waals surface area contributed by atoms with E-state index in [1.54, 1.807) is 0 Å². The van der Waals surface area contributed by atoms with Crippen molar-refractivity contribution in [3.8, 4) is 0 Å². The Labute approximate surface area is 153 Å². The second-order valence-electron chi connectivity index (χ2n) is 7.02. The van der Waals surface area contributed by atoms with Crippen molar-refractivity contribution >= 4 is 16.8 Å². The van der Waals surface area contributed by atoms with Crippen LogP contribution in [0.3, 0.4) is 0 Å². The van der Waals surface area contributed by atoms with E-state index in [2.05, 4.69) is 46.1 Å². The van der Waals surface area contributed by atoms with E-state index in [1.165, 1.54) is 5.56 Å². The fourth-order valence-electron chi connectivity index (χ4n) is 3.60. The molecule has 1 amide bonds. The number of piperazine rings is 1. The highest BCUT2D eigenvalue weighted by Crippen LogP contribution is 2.20. The fraction of sp³-hybridized carbons (Fsp3) is 0.333. The van der Waals surface area contributed by atoms with Crippen LogP contribution in [0.4, 0.5) is 0 Å². The Morgan fingerprint density at radius 1 is 1.15 bits per heavy atom. The number of carbonyl (C=O) groups is 1. The number of aryl methyl sites for hydroxylation is 1. The van der Waals surface area contributed by atoms with Crippen molar-refractivity contribution in [1.29, 1.82) is 0 Å². The first-order valence-electron chi connectivity index (χ1n) is 9.16. The fourth-order valence-corrected chi connectivity index (χ4v) is 3.60. The van der Waals surface area contributed by atoms with Gasteiger partial charge in [-0.1, -0.05) is 18.2 Å². The molecule has 134 valence electrons. The molecule has 5 nitrogen and oxygen atoms in total. The maximum Gasteiger partial charge on any atom is 0.227 e. The predicted octanol–water partition coefficient (Wildman–Crippen LogP) is 2.76. The summed E-state index contributed by atoms with van der Waals surface area (Å²) >= 11 is 0. The lowest BCUT2D eigenvalue weighted by molar-refractivity contribution is -0.132. The normalized spacial score (nSPS) is 15.5. The number of fused-ring (bicyclic) bond motifs is 1. The number of pyridine rings is 1. The maximum absolute atomic E-state index is 12.7. The Balaban J connectivity index is 1.34. The van der Waals surface area contributed by atoms with Gasteiger partial charge in [-0.2, -0.15) is 0 Å². The van der Waals surface area contributed by atoms with Crippen LogP contribution in [-0.4, -0.2) is 51.9 Å². The van der Waals surface area contributed by atoms with E-state index in [-0.39, 0.29) is 5.91 Å². The molecule has 5 heteroatoms. The highest BCUT2D eigenvalue weighted by Gasteiger charge is 2.22. The third-order valence-corrected chi connectivity index (χ3v) is 5.10. The first-order chi connectivity index (χ1) is 12.7. The molecule has 1 N–H and O–H groups in total. The zero-order valence-corrected chi connectivity index (χ0v) is 15.1. The summed E-state index contributed by atoms with van der Waals surface area (Å²) in [4.78, 5) is 24.7. The summed E-state index contributed by atoms with van der Waals surface area (Å²) in [6, 6.07) is 12.3. The van der Waals surface area contributed by atoms with E-state index in [9.17, 15) is 4.79 Å². The third-order valence-electron chi connectivity index (χ3n) is 5.10. The molecule has 2 aromatic heterocycles. The highest BCUT2D eigenvalue weighted by atomic mass is 16.2. The summed E-state index contributed by atoms with van der Waals surface area (Å²) in [5.74, 6) is 0.212. The van der Waals surface area contributed by atoms with Crippen molar-refractivity contribution in [3.63, 3.8) is 0 Å². The number of aromatic nitrogens is 2. The summed E-state index contributed by atoms with van der Waals surface area (Å²) in [6.07, 6.45) is 4.26. The molecule has 0 atom stereocenters. The Morgan fingerprint density at radius 2 is 2.00 bits per heavy atom. The molecule has 4 rings (SSSR count). The second kappa shape index (κ2) is 7.30. The lowest BCUT2D eigenvalue weighted by atomic mass is 10.1. The lowest BCUT2D eigenvalue weighted by Crippen LogP contribution is -2.48. The summed E-state index contributed by atoms with van der Waals surface area (Å²) < 4.78 is 0. The molecule has 0 aliphatic carbocycles. The van der Waals surface area contributed by atoms with Crippen LogP contribution in [0.1, 0.15) is 16.8 Å². The average Bonchev–Trinajstić information content (AvgIpc) is 3.05. The van der Waals surface area contributed by atoms with Crippen LogP contribution in [0.15, 0.2) is 48.8 Å². The number of rotatable bonds is 4. The van der Waals surface area contributed by atoms with Crippen molar-refractivity contribution in [2.24, 2.45) is 0 Å². The summed E-state index contributed by atoms with van der Waals surface area (Å²) in [6.45, 7) is 6.30. The SMILES string of the molecule is Cc1ccc2c(CC(=O)N3CCN(Cc4ccccn4)CC3)c[nH]c2c1. The maximum atomic E-state index is 12.7. The van der Waals surface area contributed by atoms with Gasteiger partial charge in [0, 0.05) is 56.0 Å². The van der Waals surface area contributed by atoms with Crippen molar-refractivity contribution in [1.82, 2.24) is 19.8 Å². The number of nitrogens with zero attached hydrogens (tertiary/aromatic N) is 3. The van der Waals surface area contributed by atoms with Gasteiger partial charge in [0.25, 0.3) is 0 Å². The minimum absolute atomic E-state index is 0.212. The van der Waals surface area contributed by atoms with Crippen molar-refractivity contribution < 1.29 is 4.79 Å². The minimum Gasteiger partial charge on any atom is -0.361 e. The van der Waals surface area contributed by atoms with E-state index in [0.717, 1.165) is 54.9 Å². The number of carbonyl (C=O) groups excluding carboxylic acids is 1. The molecule has 3 aromatic rings. The number of H-pyrrole nitrogens is 1. The van der Waals surface area contributed by atoms with Gasteiger partial charge in [-0.3, -0.25) is 14.7 Å². The molecule has 1 saturated heterocycles. The molecular weight excluding hydrogens is 324 g/mol. The Kier molecular flexibility index (Phi) is 4.71. The number of aromatic amines is 1. The van der Waals surface area contributed by atoms with Crippen LogP contribution in [0, 0.1) is 6.92 Å². The number of hydrogen-bond donors (Lipinski definition) is 1. The molecule has 3 heterocycles. The summed E-state index contributed by atoms with van der Waals surface area (Å²) in [5, 5.41) is 1.15. The molecular formula is C21H24N4O. The van der Waals surface area contributed by atoms with Crippen LogP contribution in [-0.2, 0) is 17.8 Å². The molecule has 0 saturated carbocycles. The largest absolute Gasteiger partial charge is 0.361 e. The molecule has 1 aromatic carbocycles. The van der Waals surface area contributed by atoms with Crippen molar-refractivity contribution in [3.05, 3.63) is 65.6 Å². The van der Waals surface area contributed by atoms with Gasteiger partial charge in [-0.15, -0.1) is 0 Å². The van der Waals surface area contributed by atoms with Crippen LogP contribution < -0.4 is 0 Å². The van der Waals surface area contributed by atoms with Gasteiger partial charge < -0.3 is 9.88 Å². The number of nitrogens with one attached hydrogen (secondary N) is 1. The number of amides is 1. The molecule has 1 aliphatic rings. The molecule has 26 heavy (non-hydrogen) atoms. The third kappa shape index (κ3) is 3.63. The summed E-state index contributed by atoms with van der Waals surface area (Å²) in [7, 11) is 0. The first-order valence-corrected chi connectivity index (χ1v) is 9.16. The van der Waals surface area contributed by atoms with Gasteiger partial charge in [0.05, 0.1) is 12.1 Å². The second-order valence-corrected chi connectivity index (χ2v) is 7.02. The molecule has 0 bridgehead atoms. The number of hydrogen-bond acceptors (Lipinski definition) is 3. The Morgan fingerprint density at radius 3 is 2.77 bits per heavy atom. The number of benzene rings is 1. The molecule has 0 radical (unpaired) electrons. The van der Waals surface area contributed by atoms with Crippen LogP contribution >= 0.6 is 0 Å². The van der Waals surface area contributed by atoms with E-state index in [0.29, 0.717) is 6.42 Å². The Bertz CT molecular complexity index is 895. The predicted molar refractivity (Wildman–Crippen MR) is 103 cm³/mol. The molecule has 1 aliphatic heterocycles. The summed E-state index contributed by atoms with van der Waals surface area (Å²) in [5.41, 5.74) is 4.50. The molecule has 1 fully saturated rings. The van der Waals surface area contributed by atoms with E-state index >= 15 is 0 Å². The van der Waals surface area contributed by atoms with Crippen molar-refractivity contribution in [2.75, 3.05) is 26.2 Å². The molecule has 0 unspecified atom stereocenters. The molecule has 0 spiro atoms. The standard InChI is InChI=1S/C21H24N4O/c1-16-5-6-19-17(14-23-20(19)12-16)13-21(26)25-10-8-24(9-11-25)15-18-4-2-3-7-22-18/h2-7,12,14,23H,8-11,13,15H2,1H3. The Hall–Kier alpha value is -2.66. The van der Waals surface area contributed by atoms with Gasteiger partial charge in [-0.25, -0.2) is 0 Å². The minimum atomic E-state index is 0.212. The van der Waals surface area contributed by atoms with Crippen molar-refractivity contribution in [2.45, 2.75) is 19.9 Å². The highest BCUT2D eigenvalue weighted by molar-refractivity contribution is 5.89. The van der Waals surface area contributed by atoms with E-state index in [1.807, 2.05) is 29.4 Å². The van der Waals surface area contributed by atoms with Crippen LogP contribution in [0.5, 0.6) is 0 Å². The topological polar surface area (TPSA) is 52.2 Å². The first kappa shape index (κ1) is 16.8. The average molecular weight is 348 g/mol. The van der Waals surface area contributed by atoms with Gasteiger partial charge >= 0.3 is 0 Å².